The molecule has 0 bridgehead atoms. The lowest BCUT2D eigenvalue weighted by Gasteiger charge is -2.13. The van der Waals surface area contributed by atoms with E-state index >= 15 is 0 Å². The van der Waals surface area contributed by atoms with E-state index in [0.29, 0.717) is 25.2 Å². The van der Waals surface area contributed by atoms with Crippen molar-refractivity contribution in [2.45, 2.75) is 32.2 Å². The molecule has 2 rings (SSSR count). The molecule has 2 N–H and O–H groups in total. The van der Waals surface area contributed by atoms with Crippen molar-refractivity contribution >= 4 is 18.4 Å². The Morgan fingerprint density at radius 2 is 2.09 bits per heavy atom. The fraction of sp³-hybridized carbons (Fsp3) is 0.429. The first-order chi connectivity index (χ1) is 10.2. The molecular weight excluding hydrogens is 306 g/mol. The van der Waals surface area contributed by atoms with Crippen LogP contribution in [-0.2, 0) is 11.2 Å². The maximum absolute atomic E-state index is 11.1. The molecule has 1 aromatic heterocycles. The summed E-state index contributed by atoms with van der Waals surface area (Å²) < 4.78 is 1.66. The third-order valence-corrected chi connectivity index (χ3v) is 3.15. The van der Waals surface area contributed by atoms with Gasteiger partial charge in [0.15, 0.2) is 5.82 Å². The number of tetrazole rings is 1. The largest absolute Gasteiger partial charge is 0.480 e. The van der Waals surface area contributed by atoms with E-state index in [1.54, 1.807) is 4.68 Å². The van der Waals surface area contributed by atoms with Gasteiger partial charge in [-0.05, 0) is 29.0 Å². The molecule has 7 nitrogen and oxygen atoms in total. The summed E-state index contributed by atoms with van der Waals surface area (Å²) >= 11 is 0. The smallest absolute Gasteiger partial charge is 0.320 e. The molecule has 1 aromatic carbocycles. The molecule has 0 spiro atoms. The summed E-state index contributed by atoms with van der Waals surface area (Å²) in [5.74, 6) is -0.117. The second kappa shape index (κ2) is 9.11. The van der Waals surface area contributed by atoms with E-state index < -0.39 is 12.0 Å². The zero-order valence-corrected chi connectivity index (χ0v) is 13.2. The van der Waals surface area contributed by atoms with Crippen LogP contribution in [0.3, 0.4) is 0 Å². The standard InChI is InChI=1S/C14H19N5O2.ClH/c1-2-6-12(14(20)21)15-10-9-13-16-17-18-19(13)11-7-4-3-5-8-11;/h3-5,7-8,12,15H,2,6,9-10H2,1H3,(H,20,21);1H. The lowest BCUT2D eigenvalue weighted by atomic mass is 10.1. The van der Waals surface area contributed by atoms with Crippen LogP contribution < -0.4 is 5.32 Å². The molecule has 2 aromatic rings. The molecule has 0 amide bonds. The number of aliphatic carboxylic acids is 1. The van der Waals surface area contributed by atoms with E-state index in [9.17, 15) is 4.79 Å². The zero-order valence-electron chi connectivity index (χ0n) is 12.3. The van der Waals surface area contributed by atoms with Gasteiger partial charge in [0, 0.05) is 13.0 Å². The first-order valence-corrected chi connectivity index (χ1v) is 7.01. The molecule has 0 saturated carbocycles. The second-order valence-electron chi connectivity index (χ2n) is 4.73. The Morgan fingerprint density at radius 3 is 2.73 bits per heavy atom. The van der Waals surface area contributed by atoms with Crippen molar-refractivity contribution in [2.75, 3.05) is 6.54 Å². The molecule has 1 atom stereocenters. The molecular formula is C14H20ClN5O2. The van der Waals surface area contributed by atoms with Gasteiger partial charge in [-0.3, -0.25) is 4.79 Å². The van der Waals surface area contributed by atoms with Crippen LogP contribution in [0, 0.1) is 0 Å². The third kappa shape index (κ3) is 4.78. The van der Waals surface area contributed by atoms with Crippen LogP contribution >= 0.6 is 12.4 Å². The Bertz CT molecular complexity index is 576. The van der Waals surface area contributed by atoms with Gasteiger partial charge in [-0.1, -0.05) is 31.5 Å². The number of carboxylic acids is 1. The summed E-state index contributed by atoms with van der Waals surface area (Å²) in [5.41, 5.74) is 0.890. The van der Waals surface area contributed by atoms with Gasteiger partial charge in [0.1, 0.15) is 6.04 Å². The summed E-state index contributed by atoms with van der Waals surface area (Å²) in [6.07, 6.45) is 2.00. The van der Waals surface area contributed by atoms with Crippen LogP contribution in [-0.4, -0.2) is 43.9 Å². The first-order valence-electron chi connectivity index (χ1n) is 7.01. The number of carboxylic acid groups (broad SMARTS) is 1. The van der Waals surface area contributed by atoms with Crippen molar-refractivity contribution in [3.63, 3.8) is 0 Å². The predicted molar refractivity (Wildman–Crippen MR) is 84.4 cm³/mol. The summed E-state index contributed by atoms with van der Waals surface area (Å²) in [6.45, 7) is 2.48. The summed E-state index contributed by atoms with van der Waals surface area (Å²) in [6, 6.07) is 9.09. The molecule has 120 valence electrons. The number of nitrogens with one attached hydrogen (secondary N) is 1. The number of aromatic nitrogens is 4. The SMILES string of the molecule is CCCC(NCCc1nnnn1-c1ccccc1)C(=O)O.Cl. The van der Waals surface area contributed by atoms with Crippen molar-refractivity contribution < 1.29 is 9.90 Å². The first kappa shape index (κ1) is 18.1. The topological polar surface area (TPSA) is 92.9 Å². The molecule has 22 heavy (non-hydrogen) atoms. The second-order valence-corrected chi connectivity index (χ2v) is 4.73. The van der Waals surface area contributed by atoms with Crippen LogP contribution in [0.4, 0.5) is 0 Å². The van der Waals surface area contributed by atoms with Crippen LogP contribution in [0.1, 0.15) is 25.6 Å². The molecule has 1 unspecified atom stereocenters. The number of hydrogen-bond acceptors (Lipinski definition) is 5. The highest BCUT2D eigenvalue weighted by molar-refractivity contribution is 5.85. The Morgan fingerprint density at radius 1 is 1.36 bits per heavy atom. The summed E-state index contributed by atoms with van der Waals surface area (Å²) in [4.78, 5) is 11.1. The summed E-state index contributed by atoms with van der Waals surface area (Å²) in [5, 5.41) is 23.8. The number of carbonyl (C=O) groups is 1. The van der Waals surface area contributed by atoms with Gasteiger partial charge in [-0.2, -0.15) is 4.68 Å². The number of rotatable bonds is 8. The molecule has 0 aliphatic rings. The highest BCUT2D eigenvalue weighted by Gasteiger charge is 2.16. The van der Waals surface area contributed by atoms with Gasteiger partial charge < -0.3 is 10.4 Å². The van der Waals surface area contributed by atoms with Crippen molar-refractivity contribution in [3.05, 3.63) is 36.2 Å². The van der Waals surface area contributed by atoms with Gasteiger partial charge in [-0.25, -0.2) is 0 Å². The fourth-order valence-electron chi connectivity index (χ4n) is 2.09. The minimum Gasteiger partial charge on any atom is -0.480 e. The predicted octanol–water partition coefficient (Wildman–Crippen LogP) is 1.47. The molecule has 0 saturated heterocycles. The number of nitrogens with zero attached hydrogens (tertiary/aromatic N) is 4. The van der Waals surface area contributed by atoms with Gasteiger partial charge >= 0.3 is 5.97 Å². The normalized spacial score (nSPS) is 11.7. The molecule has 0 radical (unpaired) electrons. The van der Waals surface area contributed by atoms with E-state index in [1.165, 1.54) is 0 Å². The van der Waals surface area contributed by atoms with Crippen molar-refractivity contribution in [3.8, 4) is 5.69 Å². The van der Waals surface area contributed by atoms with Crippen molar-refractivity contribution in [2.24, 2.45) is 0 Å². The fourth-order valence-corrected chi connectivity index (χ4v) is 2.09. The van der Waals surface area contributed by atoms with Gasteiger partial charge in [0.25, 0.3) is 0 Å². The zero-order chi connectivity index (χ0) is 15.1. The van der Waals surface area contributed by atoms with E-state index in [0.717, 1.165) is 12.1 Å². The number of para-hydroxylation sites is 1. The van der Waals surface area contributed by atoms with E-state index in [2.05, 4.69) is 20.8 Å². The molecule has 0 aliphatic carbocycles. The van der Waals surface area contributed by atoms with Crippen LogP contribution in [0.2, 0.25) is 0 Å². The van der Waals surface area contributed by atoms with Gasteiger partial charge in [-0.15, -0.1) is 17.5 Å². The van der Waals surface area contributed by atoms with E-state index in [4.69, 9.17) is 5.11 Å². The Balaban J connectivity index is 0.00000242. The van der Waals surface area contributed by atoms with Crippen molar-refractivity contribution in [1.82, 2.24) is 25.5 Å². The molecule has 0 fully saturated rings. The van der Waals surface area contributed by atoms with Gasteiger partial charge in [0.2, 0.25) is 0 Å². The Labute approximate surface area is 135 Å². The molecule has 0 aliphatic heterocycles. The highest BCUT2D eigenvalue weighted by Crippen LogP contribution is 2.07. The molecule has 1 heterocycles. The minimum atomic E-state index is -0.820. The van der Waals surface area contributed by atoms with Gasteiger partial charge in [0.05, 0.1) is 5.69 Å². The minimum absolute atomic E-state index is 0. The average Bonchev–Trinajstić information content (AvgIpc) is 2.95. The number of benzene rings is 1. The van der Waals surface area contributed by atoms with Crippen molar-refractivity contribution in [1.29, 1.82) is 0 Å². The van der Waals surface area contributed by atoms with Crippen LogP contribution in [0.5, 0.6) is 0 Å². The summed E-state index contributed by atoms with van der Waals surface area (Å²) in [7, 11) is 0. The van der Waals surface area contributed by atoms with Crippen LogP contribution in [0.25, 0.3) is 5.69 Å². The maximum Gasteiger partial charge on any atom is 0.320 e. The van der Waals surface area contributed by atoms with E-state index in [1.807, 2.05) is 37.3 Å². The third-order valence-electron chi connectivity index (χ3n) is 3.15. The van der Waals surface area contributed by atoms with E-state index in [-0.39, 0.29) is 12.4 Å². The monoisotopic (exact) mass is 325 g/mol. The maximum atomic E-state index is 11.1. The lowest BCUT2D eigenvalue weighted by Crippen LogP contribution is -2.37. The highest BCUT2D eigenvalue weighted by atomic mass is 35.5. The number of halogens is 1. The lowest BCUT2D eigenvalue weighted by molar-refractivity contribution is -0.139. The Kier molecular flexibility index (Phi) is 7.48. The quantitative estimate of drug-likeness (QED) is 0.763. The molecule has 8 heteroatoms. The average molecular weight is 326 g/mol. The van der Waals surface area contributed by atoms with Crippen LogP contribution in [0.15, 0.2) is 30.3 Å². The number of hydrogen-bond donors (Lipinski definition) is 2. The Hall–Kier alpha value is -1.99.